The molecule has 2 unspecified atom stereocenters. The van der Waals surface area contributed by atoms with Crippen molar-refractivity contribution < 1.29 is 9.13 Å². The van der Waals surface area contributed by atoms with E-state index in [1.165, 1.54) is 0 Å². The van der Waals surface area contributed by atoms with Crippen LogP contribution in [0.3, 0.4) is 0 Å². The monoisotopic (exact) mass is 161 g/mol. The van der Waals surface area contributed by atoms with Gasteiger partial charge in [-0.05, 0) is 25.8 Å². The Morgan fingerprint density at radius 1 is 1.73 bits per heavy atom. The SMILES string of the molecule is CNCC(F)CC1CCOC1. The first-order valence-corrected chi connectivity index (χ1v) is 4.19. The maximum absolute atomic E-state index is 12.9. The lowest BCUT2D eigenvalue weighted by molar-refractivity contribution is 0.173. The highest BCUT2D eigenvalue weighted by Gasteiger charge is 2.19. The molecule has 1 N–H and O–H groups in total. The van der Waals surface area contributed by atoms with Gasteiger partial charge in [0.25, 0.3) is 0 Å². The van der Waals surface area contributed by atoms with Crippen molar-refractivity contribution in [1.82, 2.24) is 5.32 Å². The van der Waals surface area contributed by atoms with Crippen molar-refractivity contribution >= 4 is 0 Å². The highest BCUT2D eigenvalue weighted by Crippen LogP contribution is 2.18. The molecule has 1 aliphatic heterocycles. The van der Waals surface area contributed by atoms with E-state index < -0.39 is 6.17 Å². The first-order valence-electron chi connectivity index (χ1n) is 4.19. The molecule has 0 aromatic rings. The molecule has 0 aromatic heterocycles. The fourth-order valence-corrected chi connectivity index (χ4v) is 1.44. The summed E-state index contributed by atoms with van der Waals surface area (Å²) in [6.07, 6.45) is 0.983. The summed E-state index contributed by atoms with van der Waals surface area (Å²) in [7, 11) is 1.78. The van der Waals surface area contributed by atoms with Gasteiger partial charge >= 0.3 is 0 Å². The van der Waals surface area contributed by atoms with Crippen LogP contribution >= 0.6 is 0 Å². The largest absolute Gasteiger partial charge is 0.381 e. The Morgan fingerprint density at radius 3 is 3.09 bits per heavy atom. The molecule has 1 rings (SSSR count). The zero-order valence-corrected chi connectivity index (χ0v) is 6.98. The van der Waals surface area contributed by atoms with Gasteiger partial charge in [0.1, 0.15) is 6.17 Å². The normalized spacial score (nSPS) is 27.3. The van der Waals surface area contributed by atoms with Crippen molar-refractivity contribution in [2.75, 3.05) is 26.8 Å². The second kappa shape index (κ2) is 4.67. The molecule has 0 aromatic carbocycles. The molecule has 1 saturated heterocycles. The van der Waals surface area contributed by atoms with Gasteiger partial charge in [0.05, 0.1) is 0 Å². The van der Waals surface area contributed by atoms with E-state index in [0.717, 1.165) is 19.6 Å². The predicted octanol–water partition coefficient (Wildman–Crippen LogP) is 0.970. The highest BCUT2D eigenvalue weighted by molar-refractivity contribution is 4.69. The minimum atomic E-state index is -0.702. The van der Waals surface area contributed by atoms with Gasteiger partial charge in [-0.2, -0.15) is 0 Å². The molecule has 0 amide bonds. The van der Waals surface area contributed by atoms with Crippen LogP contribution in [0.15, 0.2) is 0 Å². The predicted molar refractivity (Wildman–Crippen MR) is 42.4 cm³/mol. The number of halogens is 1. The fraction of sp³-hybridized carbons (Fsp3) is 1.00. The zero-order chi connectivity index (χ0) is 8.10. The van der Waals surface area contributed by atoms with Crippen molar-refractivity contribution in [1.29, 1.82) is 0 Å². The average Bonchev–Trinajstić information content (AvgIpc) is 2.40. The molecule has 2 atom stereocenters. The summed E-state index contributed by atoms with van der Waals surface area (Å²) in [5.41, 5.74) is 0. The fourth-order valence-electron chi connectivity index (χ4n) is 1.44. The van der Waals surface area contributed by atoms with Gasteiger partial charge in [0.15, 0.2) is 0 Å². The number of nitrogens with one attached hydrogen (secondary N) is 1. The first kappa shape index (κ1) is 8.94. The molecule has 0 saturated carbocycles. The van der Waals surface area contributed by atoms with E-state index in [9.17, 15) is 4.39 Å². The lowest BCUT2D eigenvalue weighted by Crippen LogP contribution is -2.22. The zero-order valence-electron chi connectivity index (χ0n) is 6.98. The van der Waals surface area contributed by atoms with E-state index in [-0.39, 0.29) is 0 Å². The van der Waals surface area contributed by atoms with Crippen LogP contribution in [-0.2, 0) is 4.74 Å². The van der Waals surface area contributed by atoms with E-state index in [1.54, 1.807) is 7.05 Å². The summed E-state index contributed by atoms with van der Waals surface area (Å²) in [6.45, 7) is 2.04. The van der Waals surface area contributed by atoms with E-state index in [4.69, 9.17) is 4.74 Å². The van der Waals surface area contributed by atoms with Crippen LogP contribution in [0.4, 0.5) is 4.39 Å². The van der Waals surface area contributed by atoms with Gasteiger partial charge in [-0.15, -0.1) is 0 Å². The van der Waals surface area contributed by atoms with E-state index in [1.807, 2.05) is 0 Å². The van der Waals surface area contributed by atoms with Crippen LogP contribution in [0.2, 0.25) is 0 Å². The van der Waals surface area contributed by atoms with Crippen molar-refractivity contribution in [3.05, 3.63) is 0 Å². The summed E-state index contributed by atoms with van der Waals surface area (Å²) in [4.78, 5) is 0. The molecule has 1 fully saturated rings. The van der Waals surface area contributed by atoms with Crippen LogP contribution in [-0.4, -0.2) is 33.0 Å². The molecular formula is C8H16FNO. The van der Waals surface area contributed by atoms with Crippen LogP contribution in [0.5, 0.6) is 0 Å². The molecular weight excluding hydrogens is 145 g/mol. The highest BCUT2D eigenvalue weighted by atomic mass is 19.1. The third-order valence-electron chi connectivity index (χ3n) is 2.04. The molecule has 2 nitrogen and oxygen atoms in total. The number of hydrogen-bond acceptors (Lipinski definition) is 2. The molecule has 0 radical (unpaired) electrons. The number of hydrogen-bond donors (Lipinski definition) is 1. The Balaban J connectivity index is 2.08. The quantitative estimate of drug-likeness (QED) is 0.663. The van der Waals surface area contributed by atoms with Crippen LogP contribution < -0.4 is 5.32 Å². The van der Waals surface area contributed by atoms with Crippen molar-refractivity contribution in [2.45, 2.75) is 19.0 Å². The smallest absolute Gasteiger partial charge is 0.113 e. The van der Waals surface area contributed by atoms with E-state index in [2.05, 4.69) is 5.32 Å². The summed E-state index contributed by atoms with van der Waals surface area (Å²) < 4.78 is 18.1. The van der Waals surface area contributed by atoms with Crippen molar-refractivity contribution in [2.24, 2.45) is 5.92 Å². The molecule has 0 bridgehead atoms. The second-order valence-electron chi connectivity index (χ2n) is 3.12. The minimum absolute atomic E-state index is 0.457. The number of rotatable bonds is 4. The molecule has 1 heterocycles. The molecule has 11 heavy (non-hydrogen) atoms. The average molecular weight is 161 g/mol. The lowest BCUT2D eigenvalue weighted by atomic mass is 10.0. The molecule has 0 aliphatic carbocycles. The van der Waals surface area contributed by atoms with Gasteiger partial charge in [0.2, 0.25) is 0 Å². The van der Waals surface area contributed by atoms with Crippen LogP contribution in [0, 0.1) is 5.92 Å². The van der Waals surface area contributed by atoms with Gasteiger partial charge < -0.3 is 10.1 Å². The van der Waals surface area contributed by atoms with Gasteiger partial charge in [-0.1, -0.05) is 0 Å². The molecule has 0 spiro atoms. The topological polar surface area (TPSA) is 21.3 Å². The Bertz CT molecular complexity index is 104. The Kier molecular flexibility index (Phi) is 3.80. The van der Waals surface area contributed by atoms with Crippen LogP contribution in [0.25, 0.3) is 0 Å². The standard InChI is InChI=1S/C8H16FNO/c1-10-5-8(9)4-7-2-3-11-6-7/h7-8,10H,2-6H2,1H3. The summed E-state index contributed by atoms with van der Waals surface area (Å²) in [6, 6.07) is 0. The Morgan fingerprint density at radius 2 is 2.55 bits per heavy atom. The maximum atomic E-state index is 12.9. The molecule has 66 valence electrons. The minimum Gasteiger partial charge on any atom is -0.381 e. The van der Waals surface area contributed by atoms with Crippen LogP contribution in [0.1, 0.15) is 12.8 Å². The van der Waals surface area contributed by atoms with E-state index >= 15 is 0 Å². The molecule has 3 heteroatoms. The Hall–Kier alpha value is -0.150. The van der Waals surface area contributed by atoms with Gasteiger partial charge in [-0.25, -0.2) is 4.39 Å². The maximum Gasteiger partial charge on any atom is 0.113 e. The summed E-state index contributed by atoms with van der Waals surface area (Å²) in [5.74, 6) is 0.457. The summed E-state index contributed by atoms with van der Waals surface area (Å²) in [5, 5.41) is 2.83. The van der Waals surface area contributed by atoms with Crippen molar-refractivity contribution in [3.63, 3.8) is 0 Å². The third kappa shape index (κ3) is 3.16. The first-order chi connectivity index (χ1) is 5.33. The van der Waals surface area contributed by atoms with Gasteiger partial charge in [0, 0.05) is 19.8 Å². The number of alkyl halides is 1. The molecule has 1 aliphatic rings. The third-order valence-corrected chi connectivity index (χ3v) is 2.04. The lowest BCUT2D eigenvalue weighted by Gasteiger charge is -2.10. The van der Waals surface area contributed by atoms with Crippen molar-refractivity contribution in [3.8, 4) is 0 Å². The second-order valence-corrected chi connectivity index (χ2v) is 3.12. The Labute approximate surface area is 67.1 Å². The van der Waals surface area contributed by atoms with E-state index in [0.29, 0.717) is 18.9 Å². The van der Waals surface area contributed by atoms with Gasteiger partial charge in [-0.3, -0.25) is 0 Å². The summed E-state index contributed by atoms with van der Waals surface area (Å²) >= 11 is 0. The number of ether oxygens (including phenoxy) is 1.